The Hall–Kier alpha value is -2.22. The minimum absolute atomic E-state index is 0.175. The molecule has 0 aromatic heterocycles. The second kappa shape index (κ2) is 7.57. The first kappa shape index (κ1) is 18.1. The summed E-state index contributed by atoms with van der Waals surface area (Å²) in [5.74, 6) is -4.69. The van der Waals surface area contributed by atoms with Gasteiger partial charge in [0.05, 0.1) is 5.69 Å². The molecule has 0 amide bonds. The zero-order valence-electron chi connectivity index (χ0n) is 12.9. The van der Waals surface area contributed by atoms with Crippen LogP contribution in [0.25, 0.3) is 0 Å². The lowest BCUT2D eigenvalue weighted by Crippen LogP contribution is -2.22. The lowest BCUT2D eigenvalue weighted by atomic mass is 10.2. The second-order valence-electron chi connectivity index (χ2n) is 4.99. The van der Waals surface area contributed by atoms with Crippen LogP contribution in [0.1, 0.15) is 12.5 Å². The molecule has 0 saturated carbocycles. The standard InChI is InChI=1S/C16H16F3NO3S/c1-2-11-3-5-12(6-4-11)23-9-10-24(21,22)20-14-8-7-13(17)15(18)16(14)19/h3-8,20H,2,9-10H2,1H3. The van der Waals surface area contributed by atoms with Crippen molar-refractivity contribution in [3.05, 3.63) is 59.4 Å². The van der Waals surface area contributed by atoms with Crippen LogP contribution in [-0.4, -0.2) is 20.8 Å². The fraction of sp³-hybridized carbons (Fsp3) is 0.250. The predicted octanol–water partition coefficient (Wildman–Crippen LogP) is 3.49. The molecule has 0 aliphatic carbocycles. The Bertz CT molecular complexity index is 808. The molecule has 0 spiro atoms. The largest absolute Gasteiger partial charge is 0.492 e. The first-order chi connectivity index (χ1) is 11.3. The SMILES string of the molecule is CCc1ccc(OCCS(=O)(=O)Nc2ccc(F)c(F)c2F)cc1. The number of aryl methyl sites for hydroxylation is 1. The summed E-state index contributed by atoms with van der Waals surface area (Å²) >= 11 is 0. The smallest absolute Gasteiger partial charge is 0.236 e. The van der Waals surface area contributed by atoms with Crippen molar-refractivity contribution in [3.8, 4) is 5.75 Å². The van der Waals surface area contributed by atoms with Crippen molar-refractivity contribution in [2.24, 2.45) is 0 Å². The van der Waals surface area contributed by atoms with Crippen molar-refractivity contribution in [1.29, 1.82) is 0 Å². The molecule has 0 fully saturated rings. The van der Waals surface area contributed by atoms with Gasteiger partial charge in [0, 0.05) is 0 Å². The molecule has 1 N–H and O–H groups in total. The zero-order valence-corrected chi connectivity index (χ0v) is 13.7. The van der Waals surface area contributed by atoms with Crippen molar-refractivity contribution in [3.63, 3.8) is 0 Å². The maximum absolute atomic E-state index is 13.5. The van der Waals surface area contributed by atoms with E-state index in [1.54, 1.807) is 12.1 Å². The highest BCUT2D eigenvalue weighted by Crippen LogP contribution is 2.20. The third-order valence-corrected chi connectivity index (χ3v) is 4.49. The number of ether oxygens (including phenoxy) is 1. The topological polar surface area (TPSA) is 55.4 Å². The van der Waals surface area contributed by atoms with Gasteiger partial charge in [0.2, 0.25) is 10.0 Å². The number of anilines is 1. The van der Waals surface area contributed by atoms with Crippen LogP contribution in [0.15, 0.2) is 36.4 Å². The Morgan fingerprint density at radius 3 is 2.29 bits per heavy atom. The van der Waals surface area contributed by atoms with Crippen molar-refractivity contribution in [1.82, 2.24) is 0 Å². The van der Waals surface area contributed by atoms with Crippen LogP contribution in [0.4, 0.5) is 18.9 Å². The molecule has 0 radical (unpaired) electrons. The summed E-state index contributed by atoms with van der Waals surface area (Å²) in [6, 6.07) is 8.61. The molecule has 4 nitrogen and oxygen atoms in total. The van der Waals surface area contributed by atoms with Crippen molar-refractivity contribution in [2.45, 2.75) is 13.3 Å². The number of nitrogens with one attached hydrogen (secondary N) is 1. The number of hydrogen-bond acceptors (Lipinski definition) is 3. The fourth-order valence-corrected chi connectivity index (χ4v) is 2.81. The zero-order chi connectivity index (χ0) is 17.7. The van der Waals surface area contributed by atoms with Gasteiger partial charge in [-0.1, -0.05) is 19.1 Å². The molecule has 2 aromatic carbocycles. The first-order valence-corrected chi connectivity index (χ1v) is 8.83. The molecule has 0 atom stereocenters. The van der Waals surface area contributed by atoms with Gasteiger partial charge in [0.25, 0.3) is 0 Å². The summed E-state index contributed by atoms with van der Waals surface area (Å²) in [5.41, 5.74) is 0.464. The molecular weight excluding hydrogens is 343 g/mol. The van der Waals surface area contributed by atoms with E-state index in [4.69, 9.17) is 4.74 Å². The maximum atomic E-state index is 13.5. The molecule has 2 aromatic rings. The van der Waals surface area contributed by atoms with E-state index in [1.165, 1.54) is 0 Å². The Morgan fingerprint density at radius 1 is 1.00 bits per heavy atom. The van der Waals surface area contributed by atoms with E-state index in [-0.39, 0.29) is 6.61 Å². The van der Waals surface area contributed by atoms with E-state index in [9.17, 15) is 21.6 Å². The Labute approximate surface area is 138 Å². The molecule has 0 aliphatic heterocycles. The summed E-state index contributed by atoms with van der Waals surface area (Å²) in [7, 11) is -3.97. The normalized spacial score (nSPS) is 11.3. The Kier molecular flexibility index (Phi) is 5.71. The number of benzene rings is 2. The highest BCUT2D eigenvalue weighted by Gasteiger charge is 2.18. The third-order valence-electron chi connectivity index (χ3n) is 3.25. The van der Waals surface area contributed by atoms with Crippen molar-refractivity contribution < 1.29 is 26.3 Å². The molecule has 8 heteroatoms. The number of sulfonamides is 1. The highest BCUT2D eigenvalue weighted by molar-refractivity contribution is 7.92. The molecule has 0 saturated heterocycles. The summed E-state index contributed by atoms with van der Waals surface area (Å²) in [6.45, 7) is 1.83. The van der Waals surface area contributed by atoms with Gasteiger partial charge in [0.15, 0.2) is 17.5 Å². The van der Waals surface area contributed by atoms with Crippen LogP contribution in [0.5, 0.6) is 5.75 Å². The van der Waals surface area contributed by atoms with E-state index in [2.05, 4.69) is 0 Å². The number of rotatable bonds is 7. The first-order valence-electron chi connectivity index (χ1n) is 7.18. The van der Waals surface area contributed by atoms with Crippen LogP contribution in [-0.2, 0) is 16.4 Å². The lowest BCUT2D eigenvalue weighted by Gasteiger charge is -2.10. The van der Waals surface area contributed by atoms with E-state index >= 15 is 0 Å². The Balaban J connectivity index is 1.95. The summed E-state index contributed by atoms with van der Waals surface area (Å²) < 4.78 is 70.3. The van der Waals surface area contributed by atoms with E-state index < -0.39 is 38.9 Å². The molecule has 0 aliphatic rings. The van der Waals surface area contributed by atoms with Gasteiger partial charge < -0.3 is 4.74 Å². The van der Waals surface area contributed by atoms with Crippen LogP contribution in [0.2, 0.25) is 0 Å². The van der Waals surface area contributed by atoms with Crippen molar-refractivity contribution >= 4 is 15.7 Å². The van der Waals surface area contributed by atoms with Gasteiger partial charge in [-0.05, 0) is 36.2 Å². The fourth-order valence-electron chi connectivity index (χ4n) is 1.91. The van der Waals surface area contributed by atoms with Crippen LogP contribution in [0, 0.1) is 17.5 Å². The molecule has 0 heterocycles. The van der Waals surface area contributed by atoms with Gasteiger partial charge in [-0.2, -0.15) is 0 Å². The van der Waals surface area contributed by atoms with E-state index in [0.29, 0.717) is 11.8 Å². The molecule has 130 valence electrons. The molecule has 24 heavy (non-hydrogen) atoms. The lowest BCUT2D eigenvalue weighted by molar-refractivity contribution is 0.341. The molecule has 2 rings (SSSR count). The number of halogens is 3. The third kappa shape index (κ3) is 4.64. The number of hydrogen-bond donors (Lipinski definition) is 1. The van der Waals surface area contributed by atoms with Crippen LogP contribution >= 0.6 is 0 Å². The van der Waals surface area contributed by atoms with Gasteiger partial charge in [-0.15, -0.1) is 0 Å². The van der Waals surface area contributed by atoms with Gasteiger partial charge in [-0.3, -0.25) is 4.72 Å². The van der Waals surface area contributed by atoms with Gasteiger partial charge >= 0.3 is 0 Å². The molecule has 0 unspecified atom stereocenters. The quantitative estimate of drug-likeness (QED) is 0.770. The maximum Gasteiger partial charge on any atom is 0.236 e. The average Bonchev–Trinajstić information content (AvgIpc) is 2.56. The van der Waals surface area contributed by atoms with E-state index in [0.717, 1.165) is 18.1 Å². The van der Waals surface area contributed by atoms with Gasteiger partial charge in [-0.25, -0.2) is 21.6 Å². The Morgan fingerprint density at radius 2 is 1.67 bits per heavy atom. The van der Waals surface area contributed by atoms with Crippen LogP contribution < -0.4 is 9.46 Å². The summed E-state index contributed by atoms with van der Waals surface area (Å²) in [6.07, 6.45) is 0.873. The van der Waals surface area contributed by atoms with Gasteiger partial charge in [0.1, 0.15) is 18.1 Å². The predicted molar refractivity (Wildman–Crippen MR) is 85.0 cm³/mol. The highest BCUT2D eigenvalue weighted by atomic mass is 32.2. The average molecular weight is 359 g/mol. The minimum Gasteiger partial charge on any atom is -0.492 e. The monoisotopic (exact) mass is 359 g/mol. The minimum atomic E-state index is -3.97. The summed E-state index contributed by atoms with van der Waals surface area (Å²) in [5, 5.41) is 0. The molecular formula is C16H16F3NO3S. The summed E-state index contributed by atoms with van der Waals surface area (Å²) in [4.78, 5) is 0. The second-order valence-corrected chi connectivity index (χ2v) is 6.83. The van der Waals surface area contributed by atoms with E-state index in [1.807, 2.05) is 23.8 Å². The molecule has 0 bridgehead atoms. The van der Waals surface area contributed by atoms with Crippen molar-refractivity contribution in [2.75, 3.05) is 17.1 Å². The van der Waals surface area contributed by atoms with Crippen LogP contribution in [0.3, 0.4) is 0 Å².